The maximum absolute atomic E-state index is 3.96. The van der Waals surface area contributed by atoms with E-state index in [0.29, 0.717) is 0 Å². The highest BCUT2D eigenvalue weighted by molar-refractivity contribution is 14.1. The van der Waals surface area contributed by atoms with Crippen LogP contribution in [0, 0.1) is 0 Å². The van der Waals surface area contributed by atoms with E-state index in [-0.39, 0.29) is 0 Å². The molecule has 0 saturated heterocycles. The summed E-state index contributed by atoms with van der Waals surface area (Å²) in [5, 5.41) is 0. The first kappa shape index (κ1) is 11.7. The van der Waals surface area contributed by atoms with Crippen LogP contribution in [0.25, 0.3) is 0 Å². The Kier molecular flexibility index (Phi) is 4.96. The van der Waals surface area contributed by atoms with Gasteiger partial charge in [-0.05, 0) is 47.9 Å². The predicted octanol–water partition coefficient (Wildman–Crippen LogP) is 3.91. The summed E-state index contributed by atoms with van der Waals surface area (Å²) >= 11 is 4.49. The third-order valence-electron chi connectivity index (χ3n) is 2.27. The molecule has 0 amide bonds. The van der Waals surface area contributed by atoms with Gasteiger partial charge in [0, 0.05) is 33.0 Å². The van der Waals surface area contributed by atoms with Gasteiger partial charge in [0.15, 0.2) is 0 Å². The molecule has 0 aliphatic heterocycles. The highest BCUT2D eigenvalue weighted by Crippen LogP contribution is 2.29. The van der Waals surface area contributed by atoms with Crippen LogP contribution < -0.4 is 3.53 Å². The van der Waals surface area contributed by atoms with Crippen LogP contribution in [0.1, 0.15) is 19.8 Å². The lowest BCUT2D eigenvalue weighted by Gasteiger charge is -2.17. The number of hydrogen-bond donors (Lipinski definition) is 1. The van der Waals surface area contributed by atoms with Crippen LogP contribution >= 0.6 is 45.5 Å². The molecule has 1 N–H and O–H groups in total. The quantitative estimate of drug-likeness (QED) is 0.559. The Balaban J connectivity index is 2.80. The van der Waals surface area contributed by atoms with Gasteiger partial charge in [-0.25, -0.2) is 0 Å². The molecule has 0 aromatic heterocycles. The summed E-state index contributed by atoms with van der Waals surface area (Å²) in [7, 11) is 0. The molecule has 0 aromatic rings. The van der Waals surface area contributed by atoms with Gasteiger partial charge in [-0.1, -0.05) is 23.8 Å². The van der Waals surface area contributed by atoms with Gasteiger partial charge >= 0.3 is 0 Å². The molecule has 0 bridgehead atoms. The monoisotopic (exact) mass is 401 g/mol. The average molecular weight is 401 g/mol. The molecule has 0 heterocycles. The van der Waals surface area contributed by atoms with Crippen LogP contribution in [0.3, 0.4) is 0 Å². The molecule has 1 nitrogen and oxygen atoms in total. The van der Waals surface area contributed by atoms with Crippen LogP contribution in [0.4, 0.5) is 0 Å². The van der Waals surface area contributed by atoms with Crippen LogP contribution in [0.5, 0.6) is 0 Å². The fraction of sp³-hybridized carbons (Fsp3) is 0.400. The molecule has 3 heteroatoms. The Morgan fingerprint density at radius 2 is 2.31 bits per heavy atom. The highest BCUT2D eigenvalue weighted by atomic mass is 127. The average Bonchev–Trinajstić information content (AvgIpc) is 2.08. The first-order valence-electron chi connectivity index (χ1n) is 4.22. The van der Waals surface area contributed by atoms with Crippen molar-refractivity contribution in [1.82, 2.24) is 3.53 Å². The molecule has 72 valence electrons. The van der Waals surface area contributed by atoms with E-state index in [1.54, 1.807) is 0 Å². The van der Waals surface area contributed by atoms with Gasteiger partial charge in [0.25, 0.3) is 0 Å². The molecule has 0 spiro atoms. The minimum Gasteiger partial charge on any atom is -0.257 e. The van der Waals surface area contributed by atoms with Crippen molar-refractivity contribution >= 4 is 45.5 Å². The van der Waals surface area contributed by atoms with E-state index < -0.39 is 0 Å². The van der Waals surface area contributed by atoms with E-state index in [1.807, 2.05) is 0 Å². The van der Waals surface area contributed by atoms with Gasteiger partial charge in [-0.15, -0.1) is 0 Å². The molecule has 0 radical (unpaired) electrons. The van der Waals surface area contributed by atoms with Gasteiger partial charge in [-0.3, -0.25) is 3.53 Å². The highest BCUT2D eigenvalue weighted by Gasteiger charge is 2.10. The van der Waals surface area contributed by atoms with Crippen molar-refractivity contribution < 1.29 is 0 Å². The molecule has 0 aromatic carbocycles. The summed E-state index contributed by atoms with van der Waals surface area (Å²) < 4.78 is 4.35. The summed E-state index contributed by atoms with van der Waals surface area (Å²) in [6, 6.07) is 0. The maximum Gasteiger partial charge on any atom is 0.0266 e. The summed E-state index contributed by atoms with van der Waals surface area (Å²) in [6.45, 7) is 7.15. The largest absolute Gasteiger partial charge is 0.257 e. The van der Waals surface area contributed by atoms with Crippen molar-refractivity contribution in [2.24, 2.45) is 0 Å². The molecule has 13 heavy (non-hydrogen) atoms. The standard InChI is InChI=1S/C10H13I2N/c1-7-5-9(8(2)11)3-4-10(7)6-13-12/h5,13H,2-4,6H2,1H3. The van der Waals surface area contributed by atoms with E-state index >= 15 is 0 Å². The van der Waals surface area contributed by atoms with Crippen LogP contribution in [-0.2, 0) is 0 Å². The SMILES string of the molecule is C=C(I)C1=CC(C)=C(CNI)CC1. The van der Waals surface area contributed by atoms with E-state index in [4.69, 9.17) is 0 Å². The Bertz CT molecular complexity index is 277. The summed E-state index contributed by atoms with van der Waals surface area (Å²) in [5.41, 5.74) is 4.33. The van der Waals surface area contributed by atoms with Crippen LogP contribution in [0.15, 0.2) is 33.0 Å². The topological polar surface area (TPSA) is 12.0 Å². The third kappa shape index (κ3) is 3.36. The van der Waals surface area contributed by atoms with Crippen molar-refractivity contribution in [3.05, 3.63) is 33.0 Å². The lowest BCUT2D eigenvalue weighted by molar-refractivity contribution is 0.860. The predicted molar refractivity (Wildman–Crippen MR) is 75.2 cm³/mol. The van der Waals surface area contributed by atoms with Crippen molar-refractivity contribution in [3.8, 4) is 0 Å². The fourth-order valence-electron chi connectivity index (χ4n) is 1.44. The lowest BCUT2D eigenvalue weighted by Crippen LogP contribution is -2.08. The van der Waals surface area contributed by atoms with Gasteiger partial charge < -0.3 is 0 Å². The molecular weight excluding hydrogens is 388 g/mol. The molecule has 1 aliphatic rings. The van der Waals surface area contributed by atoms with Gasteiger partial charge in [0.2, 0.25) is 0 Å². The fourth-order valence-corrected chi connectivity index (χ4v) is 2.33. The van der Waals surface area contributed by atoms with Gasteiger partial charge in [-0.2, -0.15) is 0 Å². The molecule has 1 aliphatic carbocycles. The van der Waals surface area contributed by atoms with E-state index in [2.05, 4.69) is 68.6 Å². The smallest absolute Gasteiger partial charge is 0.0266 e. The Morgan fingerprint density at radius 1 is 1.62 bits per heavy atom. The number of halogens is 2. The summed E-state index contributed by atoms with van der Waals surface area (Å²) in [4.78, 5) is 0. The van der Waals surface area contributed by atoms with Crippen molar-refractivity contribution in [3.63, 3.8) is 0 Å². The second kappa shape index (κ2) is 5.50. The number of nitrogens with one attached hydrogen (secondary N) is 1. The molecule has 0 atom stereocenters. The first-order chi connectivity index (χ1) is 6.15. The summed E-state index contributed by atoms with van der Waals surface area (Å²) in [6.07, 6.45) is 4.59. The Labute approximate surface area is 107 Å². The molecule has 0 saturated carbocycles. The van der Waals surface area contributed by atoms with Gasteiger partial charge in [0.05, 0.1) is 0 Å². The molecule has 0 unspecified atom stereocenters. The zero-order valence-corrected chi connectivity index (χ0v) is 12.0. The van der Waals surface area contributed by atoms with Crippen molar-refractivity contribution in [2.45, 2.75) is 19.8 Å². The lowest BCUT2D eigenvalue weighted by atomic mass is 9.93. The van der Waals surface area contributed by atoms with E-state index in [1.165, 1.54) is 26.7 Å². The third-order valence-corrected chi connectivity index (χ3v) is 3.35. The number of rotatable bonds is 3. The normalized spacial score (nSPS) is 17.3. The van der Waals surface area contributed by atoms with Gasteiger partial charge in [0.1, 0.15) is 0 Å². The second-order valence-electron chi connectivity index (χ2n) is 3.17. The zero-order chi connectivity index (χ0) is 9.84. The minimum absolute atomic E-state index is 1.00. The maximum atomic E-state index is 3.96. The summed E-state index contributed by atoms with van der Waals surface area (Å²) in [5.74, 6) is 0. The second-order valence-corrected chi connectivity index (χ2v) is 5.24. The van der Waals surface area contributed by atoms with E-state index in [9.17, 15) is 0 Å². The first-order valence-corrected chi connectivity index (χ1v) is 6.38. The van der Waals surface area contributed by atoms with E-state index in [0.717, 1.165) is 13.0 Å². The molecule has 0 fully saturated rings. The zero-order valence-electron chi connectivity index (χ0n) is 7.66. The minimum atomic E-state index is 1.00. The Morgan fingerprint density at radius 3 is 2.77 bits per heavy atom. The molecular formula is C10H13I2N. The Hall–Kier alpha value is 0.640. The van der Waals surface area contributed by atoms with Crippen molar-refractivity contribution in [1.29, 1.82) is 0 Å². The van der Waals surface area contributed by atoms with Crippen molar-refractivity contribution in [2.75, 3.05) is 6.54 Å². The number of allylic oxidation sites excluding steroid dienone is 4. The number of hydrogen-bond acceptors (Lipinski definition) is 1. The molecule has 1 rings (SSSR count). The van der Waals surface area contributed by atoms with Crippen LogP contribution in [-0.4, -0.2) is 6.54 Å². The van der Waals surface area contributed by atoms with Crippen LogP contribution in [0.2, 0.25) is 0 Å².